The van der Waals surface area contributed by atoms with Crippen LogP contribution in [0.3, 0.4) is 0 Å². The summed E-state index contributed by atoms with van der Waals surface area (Å²) in [6.07, 6.45) is 4.53. The minimum Gasteiger partial charge on any atom is -0.309 e. The molecule has 3 fully saturated rings. The summed E-state index contributed by atoms with van der Waals surface area (Å²) in [5, 5.41) is 3.60. The molecule has 1 aliphatic heterocycles. The van der Waals surface area contributed by atoms with Crippen LogP contribution in [0, 0.1) is 11.8 Å². The first kappa shape index (κ1) is 9.17. The van der Waals surface area contributed by atoms with Crippen molar-refractivity contribution in [2.75, 3.05) is 19.6 Å². The molecular weight excluding hydrogens is 172 g/mol. The van der Waals surface area contributed by atoms with Gasteiger partial charge in [-0.05, 0) is 44.9 Å². The molecule has 2 aliphatic carbocycles. The molecule has 80 valence electrons. The Labute approximate surface area is 87.0 Å². The fourth-order valence-corrected chi connectivity index (χ4v) is 3.59. The molecule has 3 rings (SSSR count). The van der Waals surface area contributed by atoms with Gasteiger partial charge in [-0.2, -0.15) is 0 Å². The van der Waals surface area contributed by atoms with Gasteiger partial charge >= 0.3 is 0 Å². The molecule has 1 heterocycles. The number of fused-ring (bicyclic) bond motifs is 1. The molecule has 3 aliphatic rings. The van der Waals surface area contributed by atoms with Gasteiger partial charge in [-0.3, -0.25) is 4.90 Å². The van der Waals surface area contributed by atoms with E-state index in [9.17, 15) is 0 Å². The van der Waals surface area contributed by atoms with Gasteiger partial charge in [0.15, 0.2) is 0 Å². The van der Waals surface area contributed by atoms with Crippen molar-refractivity contribution in [2.45, 2.75) is 44.7 Å². The molecule has 3 unspecified atom stereocenters. The second kappa shape index (κ2) is 2.96. The van der Waals surface area contributed by atoms with Gasteiger partial charge in [0.1, 0.15) is 0 Å². The highest BCUT2D eigenvalue weighted by Gasteiger charge is 2.50. The van der Waals surface area contributed by atoms with Crippen LogP contribution in [-0.2, 0) is 0 Å². The maximum absolute atomic E-state index is 3.60. The van der Waals surface area contributed by atoms with Crippen molar-refractivity contribution in [2.24, 2.45) is 11.8 Å². The van der Waals surface area contributed by atoms with E-state index in [0.29, 0.717) is 5.54 Å². The molecule has 0 radical (unpaired) electrons. The average molecular weight is 194 g/mol. The maximum Gasteiger partial charge on any atom is 0.0252 e. The summed E-state index contributed by atoms with van der Waals surface area (Å²) < 4.78 is 0. The van der Waals surface area contributed by atoms with Gasteiger partial charge in [-0.1, -0.05) is 0 Å². The highest BCUT2D eigenvalue weighted by Crippen LogP contribution is 2.53. The molecule has 1 N–H and O–H groups in total. The van der Waals surface area contributed by atoms with Crippen LogP contribution in [0.4, 0.5) is 0 Å². The lowest BCUT2D eigenvalue weighted by Crippen LogP contribution is -2.59. The molecule has 0 amide bonds. The van der Waals surface area contributed by atoms with Crippen molar-refractivity contribution in [1.82, 2.24) is 10.2 Å². The van der Waals surface area contributed by atoms with Crippen molar-refractivity contribution in [1.29, 1.82) is 0 Å². The van der Waals surface area contributed by atoms with Gasteiger partial charge in [-0.25, -0.2) is 0 Å². The summed E-state index contributed by atoms with van der Waals surface area (Å²) in [4.78, 5) is 2.76. The molecule has 14 heavy (non-hydrogen) atoms. The van der Waals surface area contributed by atoms with Crippen LogP contribution >= 0.6 is 0 Å². The van der Waals surface area contributed by atoms with Gasteiger partial charge < -0.3 is 5.32 Å². The molecular formula is C12H22N2. The Morgan fingerprint density at radius 2 is 2.14 bits per heavy atom. The number of hydrogen-bond acceptors (Lipinski definition) is 2. The quantitative estimate of drug-likeness (QED) is 0.680. The van der Waals surface area contributed by atoms with Gasteiger partial charge in [0.2, 0.25) is 0 Å². The lowest BCUT2D eigenvalue weighted by molar-refractivity contribution is 0.101. The van der Waals surface area contributed by atoms with E-state index in [1.807, 2.05) is 0 Å². The first-order valence-corrected chi connectivity index (χ1v) is 6.15. The Morgan fingerprint density at radius 1 is 1.29 bits per heavy atom. The first-order chi connectivity index (χ1) is 6.66. The zero-order valence-electron chi connectivity index (χ0n) is 9.42. The Kier molecular flexibility index (Phi) is 1.94. The number of piperazine rings is 1. The normalized spacial score (nSPS) is 46.3. The van der Waals surface area contributed by atoms with Crippen molar-refractivity contribution >= 4 is 0 Å². The van der Waals surface area contributed by atoms with Gasteiger partial charge in [0.05, 0.1) is 0 Å². The standard InChI is InChI=1S/C12H22N2/c1-12(2)8-14(6-5-13-12)11-4-3-9-7-10(9)11/h9-11,13H,3-8H2,1-2H3. The summed E-state index contributed by atoms with van der Waals surface area (Å²) in [5.41, 5.74) is 0.339. The Hall–Kier alpha value is -0.0800. The fourth-order valence-electron chi connectivity index (χ4n) is 3.59. The minimum absolute atomic E-state index is 0.339. The second-order valence-electron chi connectivity index (χ2n) is 6.09. The Bertz CT molecular complexity index is 236. The third-order valence-electron chi connectivity index (χ3n) is 4.37. The van der Waals surface area contributed by atoms with Crippen LogP contribution < -0.4 is 5.32 Å². The fraction of sp³-hybridized carbons (Fsp3) is 1.00. The second-order valence-corrected chi connectivity index (χ2v) is 6.09. The topological polar surface area (TPSA) is 15.3 Å². The largest absolute Gasteiger partial charge is 0.309 e. The monoisotopic (exact) mass is 194 g/mol. The van der Waals surface area contributed by atoms with Crippen LogP contribution in [0.25, 0.3) is 0 Å². The molecule has 2 nitrogen and oxygen atoms in total. The third-order valence-corrected chi connectivity index (χ3v) is 4.37. The predicted octanol–water partition coefficient (Wildman–Crippen LogP) is 1.47. The molecule has 3 atom stereocenters. The highest BCUT2D eigenvalue weighted by atomic mass is 15.2. The van der Waals surface area contributed by atoms with Gasteiger partial charge in [0, 0.05) is 31.2 Å². The molecule has 0 spiro atoms. The number of nitrogens with one attached hydrogen (secondary N) is 1. The lowest BCUT2D eigenvalue weighted by atomic mass is 9.99. The summed E-state index contributed by atoms with van der Waals surface area (Å²) in [5.74, 6) is 2.21. The van der Waals surface area contributed by atoms with Gasteiger partial charge in [-0.15, -0.1) is 0 Å². The third kappa shape index (κ3) is 1.49. The van der Waals surface area contributed by atoms with E-state index in [1.54, 1.807) is 0 Å². The SMILES string of the molecule is CC1(C)CN(C2CCC3CC32)CCN1. The average Bonchev–Trinajstić information content (AvgIpc) is 2.76. The smallest absolute Gasteiger partial charge is 0.0252 e. The number of hydrogen-bond donors (Lipinski definition) is 1. The molecule has 0 bridgehead atoms. The Balaban J connectivity index is 1.66. The minimum atomic E-state index is 0.339. The predicted molar refractivity (Wildman–Crippen MR) is 58.3 cm³/mol. The van der Waals surface area contributed by atoms with E-state index >= 15 is 0 Å². The molecule has 0 aromatic heterocycles. The number of nitrogens with zero attached hydrogens (tertiary/aromatic N) is 1. The van der Waals surface area contributed by atoms with Gasteiger partial charge in [0.25, 0.3) is 0 Å². The van der Waals surface area contributed by atoms with E-state index in [0.717, 1.165) is 17.9 Å². The summed E-state index contributed by atoms with van der Waals surface area (Å²) in [6.45, 7) is 8.37. The molecule has 2 heteroatoms. The van der Waals surface area contributed by atoms with Crippen LogP contribution in [0.15, 0.2) is 0 Å². The summed E-state index contributed by atoms with van der Waals surface area (Å²) in [7, 11) is 0. The molecule has 0 aromatic rings. The van der Waals surface area contributed by atoms with Crippen LogP contribution in [-0.4, -0.2) is 36.1 Å². The van der Waals surface area contributed by atoms with Crippen LogP contribution in [0.1, 0.15) is 33.1 Å². The first-order valence-electron chi connectivity index (χ1n) is 6.15. The van der Waals surface area contributed by atoms with Crippen molar-refractivity contribution in [3.05, 3.63) is 0 Å². The van der Waals surface area contributed by atoms with Crippen LogP contribution in [0.5, 0.6) is 0 Å². The molecule has 0 aromatic carbocycles. The Morgan fingerprint density at radius 3 is 2.71 bits per heavy atom. The maximum atomic E-state index is 3.60. The highest BCUT2D eigenvalue weighted by molar-refractivity contribution is 5.04. The summed E-state index contributed by atoms with van der Waals surface area (Å²) in [6, 6.07) is 0.946. The summed E-state index contributed by atoms with van der Waals surface area (Å²) >= 11 is 0. The molecule has 1 saturated heterocycles. The zero-order valence-corrected chi connectivity index (χ0v) is 9.42. The van der Waals surface area contributed by atoms with E-state index in [4.69, 9.17) is 0 Å². The number of rotatable bonds is 1. The van der Waals surface area contributed by atoms with Crippen molar-refractivity contribution in [3.63, 3.8) is 0 Å². The van der Waals surface area contributed by atoms with E-state index in [1.165, 1.54) is 38.9 Å². The van der Waals surface area contributed by atoms with E-state index in [-0.39, 0.29) is 0 Å². The zero-order chi connectivity index (χ0) is 9.76. The van der Waals surface area contributed by atoms with Crippen molar-refractivity contribution < 1.29 is 0 Å². The lowest BCUT2D eigenvalue weighted by Gasteiger charge is -2.42. The van der Waals surface area contributed by atoms with Crippen LogP contribution in [0.2, 0.25) is 0 Å². The van der Waals surface area contributed by atoms with E-state index in [2.05, 4.69) is 24.1 Å². The van der Waals surface area contributed by atoms with E-state index < -0.39 is 0 Å². The molecule has 2 saturated carbocycles. The van der Waals surface area contributed by atoms with Crippen molar-refractivity contribution in [3.8, 4) is 0 Å².